The van der Waals surface area contributed by atoms with Crippen molar-refractivity contribution in [3.63, 3.8) is 0 Å². The van der Waals surface area contributed by atoms with Crippen molar-refractivity contribution >= 4 is 15.7 Å². The molecule has 1 aliphatic rings. The Kier molecular flexibility index (Phi) is 4.14. The molecule has 0 fully saturated rings. The molecule has 1 aromatic carbocycles. The number of rotatable bonds is 4. The van der Waals surface area contributed by atoms with Gasteiger partial charge in [0.25, 0.3) is 5.69 Å². The number of fused-ring (bicyclic) bond motifs is 1. The van der Waals surface area contributed by atoms with E-state index in [1.807, 2.05) is 17.7 Å². The van der Waals surface area contributed by atoms with Crippen LogP contribution in [-0.2, 0) is 23.0 Å². The van der Waals surface area contributed by atoms with Crippen molar-refractivity contribution in [2.75, 3.05) is 0 Å². The minimum atomic E-state index is -3.74. The Hall–Kier alpha value is -2.26. The van der Waals surface area contributed by atoms with Gasteiger partial charge in [0.2, 0.25) is 10.0 Å². The van der Waals surface area contributed by atoms with E-state index < -0.39 is 14.9 Å². The monoisotopic (exact) mass is 350 g/mol. The predicted molar refractivity (Wildman–Crippen MR) is 87.2 cm³/mol. The molecule has 3 rings (SSSR count). The third-order valence-electron chi connectivity index (χ3n) is 4.09. The van der Waals surface area contributed by atoms with Crippen molar-refractivity contribution in [2.45, 2.75) is 44.2 Å². The number of nitrogens with one attached hydrogen (secondary N) is 1. The second kappa shape index (κ2) is 5.99. The highest BCUT2D eigenvalue weighted by Gasteiger charge is 2.26. The van der Waals surface area contributed by atoms with Crippen LogP contribution in [0.25, 0.3) is 0 Å². The van der Waals surface area contributed by atoms with E-state index >= 15 is 0 Å². The average molecular weight is 350 g/mol. The van der Waals surface area contributed by atoms with E-state index in [9.17, 15) is 18.5 Å². The fourth-order valence-electron chi connectivity index (χ4n) is 3.01. The molecule has 2 aromatic rings. The largest absolute Gasteiger partial charge is 0.333 e. The van der Waals surface area contributed by atoms with E-state index in [0.29, 0.717) is 24.9 Å². The molecule has 0 radical (unpaired) electrons. The van der Waals surface area contributed by atoms with Crippen LogP contribution in [0, 0.1) is 24.0 Å². The minimum absolute atomic E-state index is 0.0701. The van der Waals surface area contributed by atoms with Crippen LogP contribution in [0.1, 0.15) is 23.5 Å². The Morgan fingerprint density at radius 2 is 2.12 bits per heavy atom. The van der Waals surface area contributed by atoms with Crippen LogP contribution in [0.15, 0.2) is 29.3 Å². The Morgan fingerprint density at radius 1 is 1.38 bits per heavy atom. The van der Waals surface area contributed by atoms with Crippen LogP contribution < -0.4 is 4.72 Å². The van der Waals surface area contributed by atoms with Gasteiger partial charge in [-0.05, 0) is 31.9 Å². The van der Waals surface area contributed by atoms with Crippen LogP contribution in [0.5, 0.6) is 0 Å². The molecule has 128 valence electrons. The number of non-ortho nitro benzene ring substituents is 1. The lowest BCUT2D eigenvalue weighted by Gasteiger charge is -2.24. The van der Waals surface area contributed by atoms with Crippen LogP contribution >= 0.6 is 0 Å². The molecule has 1 aliphatic heterocycles. The van der Waals surface area contributed by atoms with Gasteiger partial charge in [-0.3, -0.25) is 10.1 Å². The molecule has 1 aromatic heterocycles. The Balaban J connectivity index is 1.81. The van der Waals surface area contributed by atoms with Gasteiger partial charge in [0.15, 0.2) is 0 Å². The molecule has 24 heavy (non-hydrogen) atoms. The van der Waals surface area contributed by atoms with Crippen LogP contribution in [0.2, 0.25) is 0 Å². The lowest BCUT2D eigenvalue weighted by molar-refractivity contribution is -0.385. The van der Waals surface area contributed by atoms with E-state index in [-0.39, 0.29) is 16.6 Å². The van der Waals surface area contributed by atoms with Crippen molar-refractivity contribution in [1.82, 2.24) is 14.3 Å². The van der Waals surface area contributed by atoms with Gasteiger partial charge in [-0.15, -0.1) is 0 Å². The number of aromatic nitrogens is 2. The van der Waals surface area contributed by atoms with Gasteiger partial charge in [0.1, 0.15) is 5.82 Å². The molecule has 0 amide bonds. The third-order valence-corrected chi connectivity index (χ3v) is 5.77. The number of hydrogen-bond acceptors (Lipinski definition) is 5. The first kappa shape index (κ1) is 16.6. The van der Waals surface area contributed by atoms with Gasteiger partial charge < -0.3 is 4.57 Å². The molecule has 2 heterocycles. The molecule has 1 N–H and O–H groups in total. The molecule has 0 bridgehead atoms. The smallest absolute Gasteiger partial charge is 0.269 e. The maximum Gasteiger partial charge on any atom is 0.269 e. The molecule has 0 saturated carbocycles. The fourth-order valence-corrected chi connectivity index (χ4v) is 4.50. The Morgan fingerprint density at radius 3 is 2.79 bits per heavy atom. The molecule has 9 heteroatoms. The van der Waals surface area contributed by atoms with Gasteiger partial charge in [-0.25, -0.2) is 18.1 Å². The zero-order chi connectivity index (χ0) is 17.5. The molecule has 0 aliphatic carbocycles. The van der Waals surface area contributed by atoms with Gasteiger partial charge in [0.05, 0.1) is 15.5 Å². The SMILES string of the molecule is Cc1cn2c(n1)CC[C@@H](NS(=O)(=O)c1ccc([N+](=O)[O-])cc1C)C2. The van der Waals surface area contributed by atoms with Crippen molar-refractivity contribution in [2.24, 2.45) is 0 Å². The van der Waals surface area contributed by atoms with E-state index in [1.54, 1.807) is 6.92 Å². The highest BCUT2D eigenvalue weighted by atomic mass is 32.2. The van der Waals surface area contributed by atoms with Crippen LogP contribution in [-0.4, -0.2) is 28.9 Å². The summed E-state index contributed by atoms with van der Waals surface area (Å²) in [6.07, 6.45) is 3.29. The third kappa shape index (κ3) is 3.17. The van der Waals surface area contributed by atoms with E-state index in [2.05, 4.69) is 9.71 Å². The summed E-state index contributed by atoms with van der Waals surface area (Å²) in [6.45, 7) is 3.99. The van der Waals surface area contributed by atoms with E-state index in [4.69, 9.17) is 0 Å². The molecule has 1 atom stereocenters. The highest BCUT2D eigenvalue weighted by molar-refractivity contribution is 7.89. The molecular formula is C15H18N4O4S. The predicted octanol–water partition coefficient (Wildman–Crippen LogP) is 1.70. The summed E-state index contributed by atoms with van der Waals surface area (Å²) >= 11 is 0. The second-order valence-corrected chi connectivity index (χ2v) is 7.70. The Bertz CT molecular complexity index is 904. The maximum absolute atomic E-state index is 12.6. The zero-order valence-corrected chi connectivity index (χ0v) is 14.2. The summed E-state index contributed by atoms with van der Waals surface area (Å²) in [5, 5.41) is 10.8. The van der Waals surface area contributed by atoms with Crippen molar-refractivity contribution in [3.05, 3.63) is 51.6 Å². The lowest BCUT2D eigenvalue weighted by atomic mass is 10.1. The van der Waals surface area contributed by atoms with E-state index in [1.165, 1.54) is 18.2 Å². The second-order valence-electron chi connectivity index (χ2n) is 6.01. The zero-order valence-electron chi connectivity index (χ0n) is 13.4. The van der Waals surface area contributed by atoms with Crippen molar-refractivity contribution < 1.29 is 13.3 Å². The molecule has 0 unspecified atom stereocenters. The fraction of sp³-hybridized carbons (Fsp3) is 0.400. The molecule has 0 saturated heterocycles. The minimum Gasteiger partial charge on any atom is -0.333 e. The summed E-state index contributed by atoms with van der Waals surface area (Å²) in [5.74, 6) is 0.967. The lowest BCUT2D eigenvalue weighted by Crippen LogP contribution is -2.41. The van der Waals surface area contributed by atoms with Crippen molar-refractivity contribution in [1.29, 1.82) is 0 Å². The maximum atomic E-state index is 12.6. The number of benzene rings is 1. The highest BCUT2D eigenvalue weighted by Crippen LogP contribution is 2.23. The topological polar surface area (TPSA) is 107 Å². The van der Waals surface area contributed by atoms with E-state index in [0.717, 1.165) is 11.5 Å². The average Bonchev–Trinajstić information content (AvgIpc) is 2.85. The number of nitrogens with zero attached hydrogens (tertiary/aromatic N) is 3. The quantitative estimate of drug-likeness (QED) is 0.667. The summed E-state index contributed by atoms with van der Waals surface area (Å²) in [6, 6.07) is 3.53. The Labute approximate surface area is 139 Å². The van der Waals surface area contributed by atoms with Gasteiger partial charge in [-0.2, -0.15) is 0 Å². The summed E-state index contributed by atoms with van der Waals surface area (Å²) in [4.78, 5) is 14.7. The summed E-state index contributed by atoms with van der Waals surface area (Å²) < 4.78 is 29.9. The van der Waals surface area contributed by atoms with Crippen LogP contribution in [0.3, 0.4) is 0 Å². The van der Waals surface area contributed by atoms with Crippen LogP contribution in [0.4, 0.5) is 5.69 Å². The normalized spacial score (nSPS) is 17.5. The molecule has 8 nitrogen and oxygen atoms in total. The van der Waals surface area contributed by atoms with Gasteiger partial charge in [-0.1, -0.05) is 0 Å². The van der Waals surface area contributed by atoms with Gasteiger partial charge in [0, 0.05) is 37.3 Å². The first-order valence-corrected chi connectivity index (χ1v) is 9.04. The number of sulfonamides is 1. The summed E-state index contributed by atoms with van der Waals surface area (Å²) in [7, 11) is -3.74. The van der Waals surface area contributed by atoms with Crippen molar-refractivity contribution in [3.8, 4) is 0 Å². The number of nitro benzene ring substituents is 1. The number of aryl methyl sites for hydroxylation is 3. The summed E-state index contributed by atoms with van der Waals surface area (Å²) in [5.41, 5.74) is 1.15. The first-order valence-electron chi connectivity index (χ1n) is 7.56. The number of nitro groups is 1. The number of imidazole rings is 1. The van der Waals surface area contributed by atoms with Gasteiger partial charge >= 0.3 is 0 Å². The first-order chi connectivity index (χ1) is 11.3. The standard InChI is InChI=1S/C15H18N4O4S/c1-10-7-13(19(20)21)4-5-14(10)24(22,23)17-12-3-6-15-16-11(2)8-18(15)9-12/h4-5,7-8,12,17H,3,6,9H2,1-2H3/t12-/m1/s1. The number of hydrogen-bond donors (Lipinski definition) is 1. The molecular weight excluding hydrogens is 332 g/mol. The molecule has 0 spiro atoms.